The van der Waals surface area contributed by atoms with Crippen molar-refractivity contribution in [1.82, 2.24) is 10.2 Å². The van der Waals surface area contributed by atoms with Gasteiger partial charge >= 0.3 is 0 Å². The van der Waals surface area contributed by atoms with E-state index in [4.69, 9.17) is 0 Å². The second-order valence-electron chi connectivity index (χ2n) is 6.46. The summed E-state index contributed by atoms with van der Waals surface area (Å²) in [6.07, 6.45) is 0. The summed E-state index contributed by atoms with van der Waals surface area (Å²) in [5, 5.41) is 16.7. The molecule has 0 radical (unpaired) electrons. The molecular weight excluding hydrogens is 354 g/mol. The number of rotatable bonds is 5. The third kappa shape index (κ3) is 4.91. The number of benzene rings is 2. The van der Waals surface area contributed by atoms with E-state index < -0.39 is 0 Å². The maximum Gasteiger partial charge on any atom is 0.276 e. The maximum atomic E-state index is 12.4. The number of carbonyl (C=O) groups excluding carboxylic acids is 2. The molecule has 142 valence electrons. The highest BCUT2D eigenvalue weighted by molar-refractivity contribution is 6.03. The van der Waals surface area contributed by atoms with E-state index >= 15 is 0 Å². The van der Waals surface area contributed by atoms with E-state index in [0.29, 0.717) is 17.2 Å². The second kappa shape index (κ2) is 8.30. The molecule has 0 fully saturated rings. The SMILES string of the molecule is CC(=O)Nc1cccc(NC(=O)c2ccc(Nc3cc(C)ccc3C)nn2)c1. The van der Waals surface area contributed by atoms with Crippen LogP contribution in [0.3, 0.4) is 0 Å². The Bertz CT molecular complexity index is 1020. The number of hydrogen-bond acceptors (Lipinski definition) is 5. The van der Waals surface area contributed by atoms with Gasteiger partial charge in [0.15, 0.2) is 11.5 Å². The summed E-state index contributed by atoms with van der Waals surface area (Å²) < 4.78 is 0. The van der Waals surface area contributed by atoms with Gasteiger partial charge in [-0.25, -0.2) is 0 Å². The van der Waals surface area contributed by atoms with E-state index in [0.717, 1.165) is 16.8 Å². The van der Waals surface area contributed by atoms with Crippen LogP contribution in [0.1, 0.15) is 28.5 Å². The minimum atomic E-state index is -0.384. The molecule has 1 aromatic heterocycles. The van der Waals surface area contributed by atoms with Crippen molar-refractivity contribution in [3.05, 3.63) is 71.4 Å². The maximum absolute atomic E-state index is 12.4. The molecule has 0 bridgehead atoms. The van der Waals surface area contributed by atoms with Gasteiger partial charge in [0.25, 0.3) is 5.91 Å². The number of hydrogen-bond donors (Lipinski definition) is 3. The molecule has 0 spiro atoms. The number of aromatic nitrogens is 2. The van der Waals surface area contributed by atoms with Gasteiger partial charge in [-0.3, -0.25) is 9.59 Å². The minimum absolute atomic E-state index is 0.179. The summed E-state index contributed by atoms with van der Waals surface area (Å²) in [7, 11) is 0. The quantitative estimate of drug-likeness (QED) is 0.625. The molecule has 0 aliphatic rings. The molecule has 1 heterocycles. The Balaban J connectivity index is 1.68. The average Bonchev–Trinajstić information content (AvgIpc) is 2.65. The van der Waals surface area contributed by atoms with Crippen LogP contribution in [0.4, 0.5) is 22.9 Å². The van der Waals surface area contributed by atoms with E-state index in [2.05, 4.69) is 26.1 Å². The number of carbonyl (C=O) groups is 2. The fourth-order valence-corrected chi connectivity index (χ4v) is 2.60. The lowest BCUT2D eigenvalue weighted by Crippen LogP contribution is -2.15. The van der Waals surface area contributed by atoms with Crippen molar-refractivity contribution in [3.8, 4) is 0 Å². The number of amides is 2. The molecule has 0 aliphatic heterocycles. The van der Waals surface area contributed by atoms with Crippen LogP contribution in [0, 0.1) is 13.8 Å². The first-order valence-electron chi connectivity index (χ1n) is 8.78. The number of nitrogens with one attached hydrogen (secondary N) is 3. The van der Waals surface area contributed by atoms with Crippen molar-refractivity contribution in [1.29, 1.82) is 0 Å². The van der Waals surface area contributed by atoms with Gasteiger partial charge in [-0.2, -0.15) is 0 Å². The molecule has 0 aliphatic carbocycles. The third-order valence-electron chi connectivity index (χ3n) is 3.99. The van der Waals surface area contributed by atoms with Crippen molar-refractivity contribution in [2.75, 3.05) is 16.0 Å². The Hall–Kier alpha value is -3.74. The monoisotopic (exact) mass is 375 g/mol. The van der Waals surface area contributed by atoms with Gasteiger partial charge in [-0.15, -0.1) is 10.2 Å². The van der Waals surface area contributed by atoms with Crippen molar-refractivity contribution in [2.24, 2.45) is 0 Å². The largest absolute Gasteiger partial charge is 0.339 e. The number of anilines is 4. The summed E-state index contributed by atoms with van der Waals surface area (Å²) >= 11 is 0. The lowest BCUT2D eigenvalue weighted by molar-refractivity contribution is -0.114. The molecule has 0 saturated carbocycles. The minimum Gasteiger partial charge on any atom is -0.339 e. The fraction of sp³-hybridized carbons (Fsp3) is 0.143. The predicted molar refractivity (Wildman–Crippen MR) is 110 cm³/mol. The number of aryl methyl sites for hydroxylation is 2. The molecule has 3 rings (SSSR count). The first-order chi connectivity index (χ1) is 13.4. The zero-order valence-electron chi connectivity index (χ0n) is 15.9. The second-order valence-corrected chi connectivity index (χ2v) is 6.46. The normalized spacial score (nSPS) is 10.2. The summed E-state index contributed by atoms with van der Waals surface area (Å²) in [6.45, 7) is 5.45. The molecule has 7 nitrogen and oxygen atoms in total. The molecular formula is C21H21N5O2. The van der Waals surface area contributed by atoms with Crippen LogP contribution in [-0.4, -0.2) is 22.0 Å². The van der Waals surface area contributed by atoms with Gasteiger partial charge in [0.05, 0.1) is 0 Å². The van der Waals surface area contributed by atoms with Gasteiger partial charge < -0.3 is 16.0 Å². The van der Waals surface area contributed by atoms with Gasteiger partial charge in [-0.1, -0.05) is 18.2 Å². The summed E-state index contributed by atoms with van der Waals surface area (Å²) in [6, 6.07) is 16.3. The molecule has 2 amide bonds. The molecule has 0 unspecified atom stereocenters. The molecule has 0 saturated heterocycles. The zero-order chi connectivity index (χ0) is 20.1. The first-order valence-corrected chi connectivity index (χ1v) is 8.78. The van der Waals surface area contributed by atoms with Crippen LogP contribution < -0.4 is 16.0 Å². The fourth-order valence-electron chi connectivity index (χ4n) is 2.60. The Morgan fingerprint density at radius 3 is 2.29 bits per heavy atom. The Morgan fingerprint density at radius 2 is 1.61 bits per heavy atom. The number of nitrogens with zero attached hydrogens (tertiary/aromatic N) is 2. The van der Waals surface area contributed by atoms with Crippen LogP contribution in [0.2, 0.25) is 0 Å². The Morgan fingerprint density at radius 1 is 0.857 bits per heavy atom. The van der Waals surface area contributed by atoms with Gasteiger partial charge in [0, 0.05) is 24.0 Å². The highest BCUT2D eigenvalue weighted by atomic mass is 16.2. The molecule has 3 N–H and O–H groups in total. The van der Waals surface area contributed by atoms with Gasteiger partial charge in [0.2, 0.25) is 5.91 Å². The smallest absolute Gasteiger partial charge is 0.276 e. The van der Waals surface area contributed by atoms with E-state index in [1.165, 1.54) is 6.92 Å². The molecule has 7 heteroatoms. The van der Waals surface area contributed by atoms with Crippen LogP contribution in [0.5, 0.6) is 0 Å². The summed E-state index contributed by atoms with van der Waals surface area (Å²) in [4.78, 5) is 23.5. The lowest BCUT2D eigenvalue weighted by Gasteiger charge is -2.10. The van der Waals surface area contributed by atoms with Crippen molar-refractivity contribution in [2.45, 2.75) is 20.8 Å². The topological polar surface area (TPSA) is 96.0 Å². The molecule has 28 heavy (non-hydrogen) atoms. The molecule has 0 atom stereocenters. The summed E-state index contributed by atoms with van der Waals surface area (Å²) in [5.41, 5.74) is 4.52. The van der Waals surface area contributed by atoms with Crippen LogP contribution in [0.15, 0.2) is 54.6 Å². The van der Waals surface area contributed by atoms with E-state index in [-0.39, 0.29) is 17.5 Å². The average molecular weight is 375 g/mol. The van der Waals surface area contributed by atoms with Crippen molar-refractivity contribution in [3.63, 3.8) is 0 Å². The van der Waals surface area contributed by atoms with Crippen molar-refractivity contribution >= 4 is 34.7 Å². The van der Waals surface area contributed by atoms with Crippen LogP contribution >= 0.6 is 0 Å². The Kier molecular flexibility index (Phi) is 5.64. The predicted octanol–water partition coefficient (Wildman–Crippen LogP) is 4.05. The first kappa shape index (κ1) is 19.0. The highest BCUT2D eigenvalue weighted by Gasteiger charge is 2.10. The molecule has 2 aromatic carbocycles. The standard InChI is InChI=1S/C21H21N5O2/c1-13-7-8-14(2)19(11-13)24-20-10-9-18(25-26-20)21(28)23-17-6-4-5-16(12-17)22-15(3)27/h4-12H,1-3H3,(H,22,27)(H,23,28)(H,24,26). The highest BCUT2D eigenvalue weighted by Crippen LogP contribution is 2.20. The zero-order valence-corrected chi connectivity index (χ0v) is 15.9. The van der Waals surface area contributed by atoms with Crippen LogP contribution in [0.25, 0.3) is 0 Å². The van der Waals surface area contributed by atoms with E-state index in [9.17, 15) is 9.59 Å². The Labute approximate surface area is 163 Å². The van der Waals surface area contributed by atoms with Gasteiger partial charge in [-0.05, 0) is 61.4 Å². The third-order valence-corrected chi connectivity index (χ3v) is 3.99. The van der Waals surface area contributed by atoms with Crippen molar-refractivity contribution < 1.29 is 9.59 Å². The summed E-state index contributed by atoms with van der Waals surface area (Å²) in [5.74, 6) is -0.00931. The lowest BCUT2D eigenvalue weighted by atomic mass is 10.1. The van der Waals surface area contributed by atoms with Crippen LogP contribution in [-0.2, 0) is 4.79 Å². The molecule has 3 aromatic rings. The van der Waals surface area contributed by atoms with E-state index in [1.54, 1.807) is 36.4 Å². The van der Waals surface area contributed by atoms with E-state index in [1.807, 2.05) is 32.0 Å². The van der Waals surface area contributed by atoms with Gasteiger partial charge in [0.1, 0.15) is 0 Å².